The number of halogens is 1. The molecule has 0 amide bonds. The van der Waals surface area contributed by atoms with E-state index < -0.39 is 0 Å². The lowest BCUT2D eigenvalue weighted by molar-refractivity contribution is 0.317. The first-order valence-electron chi connectivity index (χ1n) is 7.40. The van der Waals surface area contributed by atoms with Crippen molar-refractivity contribution in [1.29, 1.82) is 0 Å². The van der Waals surface area contributed by atoms with Crippen molar-refractivity contribution in [3.05, 3.63) is 65.9 Å². The molecule has 1 N–H and O–H groups in total. The molecule has 0 saturated heterocycles. The molecule has 112 valence electrons. The minimum absolute atomic E-state index is 0.619. The van der Waals surface area contributed by atoms with Gasteiger partial charge in [0.2, 0.25) is 0 Å². The van der Waals surface area contributed by atoms with Gasteiger partial charge in [-0.15, -0.1) is 11.6 Å². The number of H-pyrrole nitrogens is 1. The third kappa shape index (κ3) is 3.34. The summed E-state index contributed by atoms with van der Waals surface area (Å²) in [5.74, 6) is 1.51. The van der Waals surface area contributed by atoms with E-state index >= 15 is 0 Å². The molecule has 0 radical (unpaired) electrons. The first-order valence-corrected chi connectivity index (χ1v) is 7.94. The molecule has 0 aliphatic rings. The van der Waals surface area contributed by atoms with Gasteiger partial charge in [0.05, 0.1) is 6.61 Å². The molecule has 3 heteroatoms. The van der Waals surface area contributed by atoms with E-state index in [4.69, 9.17) is 16.3 Å². The maximum atomic E-state index is 5.80. The molecule has 3 rings (SSSR count). The molecule has 1 aromatic heterocycles. The van der Waals surface area contributed by atoms with Gasteiger partial charge in [-0.25, -0.2) is 0 Å². The summed E-state index contributed by atoms with van der Waals surface area (Å²) < 4.78 is 5.80. The maximum absolute atomic E-state index is 5.80. The Balaban J connectivity index is 1.84. The SMILES string of the molecule is ClCCCOc1ccccc1/C=C/c1cccc2[nH]ccc12. The summed E-state index contributed by atoms with van der Waals surface area (Å²) in [4.78, 5) is 3.23. The number of aromatic amines is 1. The van der Waals surface area contributed by atoms with E-state index in [0.29, 0.717) is 12.5 Å². The molecule has 2 nitrogen and oxygen atoms in total. The van der Waals surface area contributed by atoms with E-state index in [1.165, 1.54) is 10.9 Å². The monoisotopic (exact) mass is 311 g/mol. The van der Waals surface area contributed by atoms with E-state index in [9.17, 15) is 0 Å². The largest absolute Gasteiger partial charge is 0.493 e. The third-order valence-corrected chi connectivity index (χ3v) is 3.79. The molecular weight excluding hydrogens is 294 g/mol. The van der Waals surface area contributed by atoms with Gasteiger partial charge in [-0.05, 0) is 30.2 Å². The standard InChI is InChI=1S/C19H18ClNO/c20-12-4-14-22-19-8-2-1-5-16(19)10-9-15-6-3-7-18-17(15)11-13-21-18/h1-3,5-11,13,21H,4,12,14H2/b10-9+. The van der Waals surface area contributed by atoms with Gasteiger partial charge in [-0.1, -0.05) is 42.5 Å². The summed E-state index contributed by atoms with van der Waals surface area (Å²) in [5, 5.41) is 1.22. The molecule has 0 aliphatic heterocycles. The molecule has 22 heavy (non-hydrogen) atoms. The smallest absolute Gasteiger partial charge is 0.126 e. The Morgan fingerprint density at radius 2 is 1.77 bits per heavy atom. The Labute approximate surface area is 135 Å². The van der Waals surface area contributed by atoms with Crippen LogP contribution >= 0.6 is 11.6 Å². The van der Waals surface area contributed by atoms with Crippen LogP contribution < -0.4 is 4.74 Å². The predicted molar refractivity (Wildman–Crippen MR) is 94.5 cm³/mol. The van der Waals surface area contributed by atoms with E-state index in [1.807, 2.05) is 24.4 Å². The van der Waals surface area contributed by atoms with Crippen molar-refractivity contribution in [2.45, 2.75) is 6.42 Å². The number of benzene rings is 2. The number of ether oxygens (including phenoxy) is 1. The quantitative estimate of drug-likeness (QED) is 0.371. The molecule has 3 aromatic rings. The van der Waals surface area contributed by atoms with E-state index in [1.54, 1.807) is 0 Å². The lowest BCUT2D eigenvalue weighted by atomic mass is 10.1. The number of rotatable bonds is 6. The number of aromatic nitrogens is 1. The Morgan fingerprint density at radius 1 is 0.955 bits per heavy atom. The topological polar surface area (TPSA) is 25.0 Å². The van der Waals surface area contributed by atoms with Crippen molar-refractivity contribution in [2.75, 3.05) is 12.5 Å². The van der Waals surface area contributed by atoms with Gasteiger partial charge < -0.3 is 9.72 Å². The summed E-state index contributed by atoms with van der Waals surface area (Å²) >= 11 is 5.70. The van der Waals surface area contributed by atoms with Gasteiger partial charge in [0.15, 0.2) is 0 Å². The molecule has 2 aromatic carbocycles. The van der Waals surface area contributed by atoms with E-state index in [0.717, 1.165) is 23.3 Å². The van der Waals surface area contributed by atoms with Crippen molar-refractivity contribution in [2.24, 2.45) is 0 Å². The highest BCUT2D eigenvalue weighted by molar-refractivity contribution is 6.17. The number of hydrogen-bond donors (Lipinski definition) is 1. The van der Waals surface area contributed by atoms with Crippen molar-refractivity contribution in [3.8, 4) is 5.75 Å². The highest BCUT2D eigenvalue weighted by Crippen LogP contribution is 2.23. The molecule has 0 spiro atoms. The fourth-order valence-electron chi connectivity index (χ4n) is 2.42. The molecule has 0 bridgehead atoms. The number of nitrogens with one attached hydrogen (secondary N) is 1. The predicted octanol–water partition coefficient (Wildman–Crippen LogP) is 5.35. The van der Waals surface area contributed by atoms with Crippen LogP contribution in [0.1, 0.15) is 17.5 Å². The maximum Gasteiger partial charge on any atom is 0.126 e. The molecule has 0 atom stereocenters. The van der Waals surface area contributed by atoms with Gasteiger partial charge in [0, 0.05) is 28.5 Å². The van der Waals surface area contributed by atoms with Gasteiger partial charge in [0.1, 0.15) is 5.75 Å². The fourth-order valence-corrected chi connectivity index (χ4v) is 2.53. The van der Waals surface area contributed by atoms with Gasteiger partial charge in [-0.3, -0.25) is 0 Å². The van der Waals surface area contributed by atoms with Crippen LogP contribution in [0, 0.1) is 0 Å². The Hall–Kier alpha value is -2.19. The minimum Gasteiger partial charge on any atom is -0.493 e. The van der Waals surface area contributed by atoms with Crippen LogP contribution in [0.5, 0.6) is 5.75 Å². The second kappa shape index (κ2) is 7.19. The molecule has 0 unspecified atom stereocenters. The van der Waals surface area contributed by atoms with Crippen LogP contribution in [0.25, 0.3) is 23.1 Å². The second-order valence-electron chi connectivity index (χ2n) is 5.05. The highest BCUT2D eigenvalue weighted by Gasteiger charge is 2.01. The lowest BCUT2D eigenvalue weighted by Gasteiger charge is -2.08. The first kappa shape index (κ1) is 14.7. The molecule has 0 saturated carbocycles. The fraction of sp³-hybridized carbons (Fsp3) is 0.158. The average Bonchev–Trinajstić information content (AvgIpc) is 3.03. The van der Waals surface area contributed by atoms with Crippen LogP contribution in [0.2, 0.25) is 0 Å². The summed E-state index contributed by atoms with van der Waals surface area (Å²) in [5.41, 5.74) is 3.41. The average molecular weight is 312 g/mol. The minimum atomic E-state index is 0.619. The lowest BCUT2D eigenvalue weighted by Crippen LogP contribution is -1.98. The van der Waals surface area contributed by atoms with Crippen molar-refractivity contribution < 1.29 is 4.74 Å². The second-order valence-corrected chi connectivity index (χ2v) is 5.43. The summed E-state index contributed by atoms with van der Waals surface area (Å²) in [6.45, 7) is 0.641. The van der Waals surface area contributed by atoms with Crippen LogP contribution in [-0.2, 0) is 0 Å². The zero-order valence-electron chi connectivity index (χ0n) is 12.3. The van der Waals surface area contributed by atoms with Crippen molar-refractivity contribution in [3.63, 3.8) is 0 Å². The Bertz CT molecular complexity index is 776. The van der Waals surface area contributed by atoms with Crippen LogP contribution in [-0.4, -0.2) is 17.5 Å². The highest BCUT2D eigenvalue weighted by atomic mass is 35.5. The van der Waals surface area contributed by atoms with Gasteiger partial charge in [0.25, 0.3) is 0 Å². The summed E-state index contributed by atoms with van der Waals surface area (Å²) in [6, 6.07) is 16.4. The number of para-hydroxylation sites is 1. The molecule has 0 aliphatic carbocycles. The summed E-state index contributed by atoms with van der Waals surface area (Å²) in [7, 11) is 0. The zero-order chi connectivity index (χ0) is 15.2. The molecule has 1 heterocycles. The van der Waals surface area contributed by atoms with Gasteiger partial charge in [-0.2, -0.15) is 0 Å². The van der Waals surface area contributed by atoms with Crippen LogP contribution in [0.15, 0.2) is 54.7 Å². The number of alkyl halides is 1. The molecular formula is C19H18ClNO. The zero-order valence-corrected chi connectivity index (χ0v) is 13.0. The molecule has 0 fully saturated rings. The van der Waals surface area contributed by atoms with Crippen molar-refractivity contribution >= 4 is 34.7 Å². The van der Waals surface area contributed by atoms with E-state index in [2.05, 4.69) is 47.5 Å². The van der Waals surface area contributed by atoms with Gasteiger partial charge >= 0.3 is 0 Å². The first-order chi connectivity index (χ1) is 10.9. The van der Waals surface area contributed by atoms with E-state index in [-0.39, 0.29) is 0 Å². The van der Waals surface area contributed by atoms with Crippen molar-refractivity contribution in [1.82, 2.24) is 4.98 Å². The van der Waals surface area contributed by atoms with Crippen LogP contribution in [0.3, 0.4) is 0 Å². The summed E-state index contributed by atoms with van der Waals surface area (Å²) in [6.07, 6.45) is 7.03. The number of fused-ring (bicyclic) bond motifs is 1. The number of hydrogen-bond acceptors (Lipinski definition) is 1. The normalized spacial score (nSPS) is 11.3. The third-order valence-electron chi connectivity index (χ3n) is 3.53. The Morgan fingerprint density at radius 3 is 2.68 bits per heavy atom. The Kier molecular flexibility index (Phi) is 4.81. The van der Waals surface area contributed by atoms with Crippen LogP contribution in [0.4, 0.5) is 0 Å².